The number of carbonyl (C=O) groups is 1. The number of anilines is 1. The largest absolute Gasteiger partial charge is 0.474 e. The van der Waals surface area contributed by atoms with Gasteiger partial charge in [0.1, 0.15) is 12.2 Å². The van der Waals surface area contributed by atoms with Gasteiger partial charge in [-0.2, -0.15) is 13.2 Å². The Balaban J connectivity index is 1.48. The number of halogens is 3. The average Bonchev–Trinajstić information content (AvgIpc) is 3.30. The Labute approximate surface area is 211 Å². The van der Waals surface area contributed by atoms with E-state index in [1.807, 2.05) is 48.8 Å². The summed E-state index contributed by atoms with van der Waals surface area (Å²) < 4.78 is 44.6. The van der Waals surface area contributed by atoms with Crippen LogP contribution in [0.3, 0.4) is 0 Å². The molecule has 0 saturated carbocycles. The van der Waals surface area contributed by atoms with E-state index in [4.69, 9.17) is 4.74 Å². The van der Waals surface area contributed by atoms with Gasteiger partial charge in [0.15, 0.2) is 0 Å². The quantitative estimate of drug-likeness (QED) is 0.304. The van der Waals surface area contributed by atoms with E-state index in [0.717, 1.165) is 29.8 Å². The topological polar surface area (TPSA) is 105 Å². The van der Waals surface area contributed by atoms with Crippen LogP contribution in [0.15, 0.2) is 60.9 Å². The number of alkyl halides is 3. The number of hydrogen-bond donors (Lipinski definition) is 3. The van der Waals surface area contributed by atoms with Gasteiger partial charge in [-0.3, -0.25) is 4.40 Å². The second-order valence-electron chi connectivity index (χ2n) is 8.37. The van der Waals surface area contributed by atoms with Crippen LogP contribution >= 0.6 is 0 Å². The van der Waals surface area contributed by atoms with Crippen molar-refractivity contribution in [3.05, 3.63) is 60.9 Å². The first-order valence-corrected chi connectivity index (χ1v) is 11.6. The van der Waals surface area contributed by atoms with Gasteiger partial charge >= 0.3 is 12.2 Å². The number of ether oxygens (including phenoxy) is 1. The van der Waals surface area contributed by atoms with Gasteiger partial charge in [-0.25, -0.2) is 9.78 Å². The van der Waals surface area contributed by atoms with Gasteiger partial charge in [-0.05, 0) is 57.3 Å². The molecular formula is C25H26F3N7O2. The van der Waals surface area contributed by atoms with Crippen molar-refractivity contribution in [2.45, 2.75) is 25.6 Å². The highest BCUT2D eigenvalue weighted by Crippen LogP contribution is 2.26. The monoisotopic (exact) mass is 513 g/mol. The van der Waals surface area contributed by atoms with Crippen LogP contribution < -0.4 is 20.7 Å². The molecule has 0 bridgehead atoms. The van der Waals surface area contributed by atoms with Gasteiger partial charge in [0.25, 0.3) is 0 Å². The van der Waals surface area contributed by atoms with Gasteiger partial charge in [-0.15, -0.1) is 10.2 Å². The van der Waals surface area contributed by atoms with Crippen molar-refractivity contribution in [1.82, 2.24) is 30.2 Å². The van der Waals surface area contributed by atoms with Crippen LogP contribution in [0.2, 0.25) is 0 Å². The first kappa shape index (κ1) is 25.9. The van der Waals surface area contributed by atoms with Crippen molar-refractivity contribution in [3.63, 3.8) is 0 Å². The molecule has 194 valence electrons. The molecule has 0 aliphatic rings. The highest BCUT2D eigenvalue weighted by molar-refractivity contribution is 5.90. The van der Waals surface area contributed by atoms with Gasteiger partial charge in [-0.1, -0.05) is 12.1 Å². The fraction of sp³-hybridized carbons (Fsp3) is 0.280. The maximum atomic E-state index is 12.3. The number of urea groups is 1. The zero-order valence-electron chi connectivity index (χ0n) is 20.2. The van der Waals surface area contributed by atoms with Crippen LogP contribution in [0, 0.1) is 0 Å². The molecule has 3 N–H and O–H groups in total. The van der Waals surface area contributed by atoms with Crippen molar-refractivity contribution in [2.75, 3.05) is 25.5 Å². The smallest absolute Gasteiger partial charge is 0.405 e. The van der Waals surface area contributed by atoms with E-state index in [-0.39, 0.29) is 6.10 Å². The Hall–Kier alpha value is -4.19. The zero-order chi connectivity index (χ0) is 26.4. The van der Waals surface area contributed by atoms with Crippen molar-refractivity contribution in [2.24, 2.45) is 0 Å². The molecule has 0 radical (unpaired) electrons. The highest BCUT2D eigenvalue weighted by Gasteiger charge is 2.27. The van der Waals surface area contributed by atoms with Crippen molar-refractivity contribution < 1.29 is 22.7 Å². The summed E-state index contributed by atoms with van der Waals surface area (Å²) in [5, 5.41) is 15.7. The van der Waals surface area contributed by atoms with Gasteiger partial charge in [0, 0.05) is 29.1 Å². The number of nitrogens with zero attached hydrogens (tertiary/aromatic N) is 4. The molecule has 37 heavy (non-hydrogen) atoms. The summed E-state index contributed by atoms with van der Waals surface area (Å²) in [6.45, 7) is 1.41. The number of imidazole rings is 1. The number of aromatic nitrogens is 4. The summed E-state index contributed by atoms with van der Waals surface area (Å²) in [7, 11) is 1.89. The van der Waals surface area contributed by atoms with Gasteiger partial charge < -0.3 is 20.7 Å². The Morgan fingerprint density at radius 2 is 1.95 bits per heavy atom. The number of pyridine rings is 1. The van der Waals surface area contributed by atoms with Crippen LogP contribution in [0.5, 0.6) is 5.88 Å². The maximum absolute atomic E-state index is 12.3. The molecule has 0 saturated heterocycles. The van der Waals surface area contributed by atoms with E-state index in [0.29, 0.717) is 22.9 Å². The third-order valence-electron chi connectivity index (χ3n) is 5.44. The highest BCUT2D eigenvalue weighted by atomic mass is 19.4. The molecule has 9 nitrogen and oxygen atoms in total. The molecule has 0 spiro atoms. The zero-order valence-corrected chi connectivity index (χ0v) is 20.2. The molecule has 0 aliphatic heterocycles. The first-order chi connectivity index (χ1) is 17.7. The lowest BCUT2D eigenvalue weighted by Gasteiger charge is -2.13. The third kappa shape index (κ3) is 6.94. The molecular weight excluding hydrogens is 487 g/mol. The van der Waals surface area contributed by atoms with Gasteiger partial charge in [0.2, 0.25) is 5.88 Å². The minimum atomic E-state index is -4.49. The van der Waals surface area contributed by atoms with E-state index in [1.165, 1.54) is 0 Å². The van der Waals surface area contributed by atoms with E-state index >= 15 is 0 Å². The Morgan fingerprint density at radius 1 is 1.11 bits per heavy atom. The number of nitrogens with one attached hydrogen (secondary N) is 3. The summed E-state index contributed by atoms with van der Waals surface area (Å²) >= 11 is 0. The third-order valence-corrected chi connectivity index (χ3v) is 5.44. The number of hydrogen-bond acceptors (Lipinski definition) is 6. The van der Waals surface area contributed by atoms with Crippen LogP contribution in [-0.2, 0) is 0 Å². The molecule has 3 aromatic heterocycles. The maximum Gasteiger partial charge on any atom is 0.405 e. The SMILES string of the molecule is CNCCC(C)Oc1ccc(-c2ccn3c(-c4cccc(NC(=O)NCC(F)(F)F)c4)cnc3c2)nn1. The summed E-state index contributed by atoms with van der Waals surface area (Å²) in [5.41, 5.74) is 3.97. The van der Waals surface area contributed by atoms with E-state index < -0.39 is 18.8 Å². The predicted octanol–water partition coefficient (Wildman–Crippen LogP) is 4.52. The summed E-state index contributed by atoms with van der Waals surface area (Å²) in [6.07, 6.45) is -0.106. The minimum absolute atomic E-state index is 0.00950. The van der Waals surface area contributed by atoms with Crippen LogP contribution in [0.4, 0.5) is 23.7 Å². The van der Waals surface area contributed by atoms with E-state index in [2.05, 4.69) is 25.8 Å². The molecule has 12 heteroatoms. The standard InChI is InChI=1S/C25H26F3N7O2/c1-16(8-10-29-2)37-23-7-6-20(33-34-23)17-9-11-35-21(14-30-22(35)13-17)18-4-3-5-19(12-18)32-24(36)31-15-25(26,27)28/h3-7,9,11-14,16,29H,8,10,15H2,1-2H3,(H2,31,32,36). The van der Waals surface area contributed by atoms with Crippen molar-refractivity contribution in [1.29, 1.82) is 0 Å². The second-order valence-corrected chi connectivity index (χ2v) is 8.37. The number of benzene rings is 1. The molecule has 0 fully saturated rings. The number of fused-ring (bicyclic) bond motifs is 1. The van der Waals surface area contributed by atoms with Crippen molar-refractivity contribution >= 4 is 17.4 Å². The number of amides is 2. The molecule has 2 amide bonds. The Bertz CT molecular complexity index is 1360. The van der Waals surface area contributed by atoms with E-state index in [9.17, 15) is 18.0 Å². The molecule has 1 atom stereocenters. The number of rotatable bonds is 9. The summed E-state index contributed by atoms with van der Waals surface area (Å²) in [6, 6.07) is 13.2. The lowest BCUT2D eigenvalue weighted by molar-refractivity contribution is -0.122. The molecule has 4 rings (SSSR count). The Kier molecular flexibility index (Phi) is 7.87. The van der Waals surface area contributed by atoms with Crippen LogP contribution in [0.25, 0.3) is 28.2 Å². The Morgan fingerprint density at radius 3 is 2.68 bits per heavy atom. The molecule has 3 heterocycles. The summed E-state index contributed by atoms with van der Waals surface area (Å²) in [4.78, 5) is 16.3. The molecule has 4 aromatic rings. The lowest BCUT2D eigenvalue weighted by atomic mass is 10.1. The fourth-order valence-corrected chi connectivity index (χ4v) is 3.62. The molecule has 1 unspecified atom stereocenters. The second kappa shape index (κ2) is 11.2. The van der Waals surface area contributed by atoms with Crippen LogP contribution in [0.1, 0.15) is 13.3 Å². The van der Waals surface area contributed by atoms with E-state index in [1.54, 1.807) is 35.8 Å². The van der Waals surface area contributed by atoms with Crippen LogP contribution in [-0.4, -0.2) is 58.0 Å². The van der Waals surface area contributed by atoms with Crippen molar-refractivity contribution in [3.8, 4) is 28.4 Å². The predicted molar refractivity (Wildman–Crippen MR) is 133 cm³/mol. The first-order valence-electron chi connectivity index (χ1n) is 11.6. The number of carbonyl (C=O) groups excluding carboxylic acids is 1. The minimum Gasteiger partial charge on any atom is -0.474 e. The fourth-order valence-electron chi connectivity index (χ4n) is 3.62. The summed E-state index contributed by atoms with van der Waals surface area (Å²) in [5.74, 6) is 0.456. The lowest BCUT2D eigenvalue weighted by Crippen LogP contribution is -2.36. The molecule has 1 aromatic carbocycles. The van der Waals surface area contributed by atoms with Gasteiger partial charge in [0.05, 0.1) is 23.7 Å². The molecule has 0 aliphatic carbocycles. The average molecular weight is 514 g/mol. The normalized spacial score (nSPS) is 12.4.